The van der Waals surface area contributed by atoms with Crippen LogP contribution in [-0.2, 0) is 16.0 Å². The molecule has 0 spiro atoms. The van der Waals surface area contributed by atoms with Crippen molar-refractivity contribution in [1.82, 2.24) is 15.1 Å². The smallest absolute Gasteiger partial charge is 0.227 e. The zero-order chi connectivity index (χ0) is 19.9. The molecule has 29 heavy (non-hydrogen) atoms. The number of anilines is 1. The van der Waals surface area contributed by atoms with Gasteiger partial charge in [0, 0.05) is 64.8 Å². The van der Waals surface area contributed by atoms with Crippen LogP contribution in [0.3, 0.4) is 0 Å². The summed E-state index contributed by atoms with van der Waals surface area (Å²) in [6.45, 7) is 8.90. The van der Waals surface area contributed by atoms with Gasteiger partial charge in [0.2, 0.25) is 11.8 Å². The van der Waals surface area contributed by atoms with Gasteiger partial charge in [-0.05, 0) is 31.4 Å². The Morgan fingerprint density at radius 2 is 1.76 bits per heavy atom. The van der Waals surface area contributed by atoms with Gasteiger partial charge >= 0.3 is 0 Å². The zero-order valence-corrected chi connectivity index (χ0v) is 19.7. The maximum absolute atomic E-state index is 12.6. The molecule has 2 heterocycles. The lowest BCUT2D eigenvalue weighted by atomic mass is 10.2. The average Bonchev–Trinajstić information content (AvgIpc) is 3.14. The minimum absolute atomic E-state index is 0. The highest BCUT2D eigenvalue weighted by Gasteiger charge is 2.24. The SMILES string of the molecule is CCNC(=NCCCC(=O)N1CCc2ccccc21)N1CCN(C(C)=O)CC1.I. The molecule has 160 valence electrons. The normalized spacial score (nSPS) is 16.3. The summed E-state index contributed by atoms with van der Waals surface area (Å²) in [5, 5.41) is 3.33. The maximum Gasteiger partial charge on any atom is 0.227 e. The fourth-order valence-electron chi connectivity index (χ4n) is 3.81. The largest absolute Gasteiger partial charge is 0.357 e. The number of fused-ring (bicyclic) bond motifs is 1. The highest BCUT2D eigenvalue weighted by Crippen LogP contribution is 2.28. The second kappa shape index (κ2) is 11.4. The van der Waals surface area contributed by atoms with Crippen molar-refractivity contribution >= 4 is 47.4 Å². The lowest BCUT2D eigenvalue weighted by Gasteiger charge is -2.36. The van der Waals surface area contributed by atoms with Gasteiger partial charge in [0.05, 0.1) is 0 Å². The average molecular weight is 513 g/mol. The topological polar surface area (TPSA) is 68.2 Å². The molecule has 0 bridgehead atoms. The number of nitrogens with zero attached hydrogens (tertiary/aromatic N) is 4. The van der Waals surface area contributed by atoms with E-state index in [0.29, 0.717) is 13.0 Å². The summed E-state index contributed by atoms with van der Waals surface area (Å²) in [7, 11) is 0. The number of carbonyl (C=O) groups is 2. The first-order chi connectivity index (χ1) is 13.6. The molecule has 2 amide bonds. The number of aliphatic imine (C=N–C) groups is 1. The molecular formula is C21H32IN5O2. The van der Waals surface area contributed by atoms with Crippen LogP contribution in [0.1, 0.15) is 32.3 Å². The molecule has 0 aromatic heterocycles. The summed E-state index contributed by atoms with van der Waals surface area (Å²) in [5.41, 5.74) is 2.32. The molecule has 0 aliphatic carbocycles. The Kier molecular flexibility index (Phi) is 9.19. The van der Waals surface area contributed by atoms with Crippen molar-refractivity contribution in [2.75, 3.05) is 50.7 Å². The summed E-state index contributed by atoms with van der Waals surface area (Å²) < 4.78 is 0. The number of halogens is 1. The van der Waals surface area contributed by atoms with Gasteiger partial charge in [0.1, 0.15) is 0 Å². The van der Waals surface area contributed by atoms with Crippen LogP contribution < -0.4 is 10.2 Å². The van der Waals surface area contributed by atoms with Crippen LogP contribution in [0, 0.1) is 0 Å². The number of hydrogen-bond acceptors (Lipinski definition) is 3. The third-order valence-electron chi connectivity index (χ3n) is 5.36. The molecule has 1 aromatic rings. The highest BCUT2D eigenvalue weighted by atomic mass is 127. The van der Waals surface area contributed by atoms with E-state index in [1.54, 1.807) is 6.92 Å². The number of amides is 2. The number of rotatable bonds is 5. The van der Waals surface area contributed by atoms with Crippen molar-refractivity contribution in [3.8, 4) is 0 Å². The Hall–Kier alpha value is -1.84. The van der Waals surface area contributed by atoms with Gasteiger partial charge in [0.15, 0.2) is 5.96 Å². The van der Waals surface area contributed by atoms with E-state index in [1.165, 1.54) is 5.56 Å². The molecule has 1 fully saturated rings. The Balaban J connectivity index is 0.00000300. The van der Waals surface area contributed by atoms with Crippen LogP contribution in [0.5, 0.6) is 0 Å². The molecule has 1 aromatic carbocycles. The van der Waals surface area contributed by atoms with E-state index in [1.807, 2.05) is 28.0 Å². The number of para-hydroxylation sites is 1. The molecule has 1 saturated heterocycles. The van der Waals surface area contributed by atoms with E-state index in [4.69, 9.17) is 4.99 Å². The Morgan fingerprint density at radius 1 is 1.07 bits per heavy atom. The molecule has 2 aliphatic heterocycles. The van der Waals surface area contributed by atoms with E-state index in [2.05, 4.69) is 23.2 Å². The van der Waals surface area contributed by atoms with Gasteiger partial charge in [-0.2, -0.15) is 0 Å². The number of nitrogens with one attached hydrogen (secondary N) is 1. The molecule has 2 aliphatic rings. The molecule has 8 heteroatoms. The van der Waals surface area contributed by atoms with Crippen molar-refractivity contribution in [2.45, 2.75) is 33.1 Å². The molecule has 0 radical (unpaired) electrons. The summed E-state index contributed by atoms with van der Waals surface area (Å²) in [6, 6.07) is 8.15. The monoisotopic (exact) mass is 513 g/mol. The fourth-order valence-corrected chi connectivity index (χ4v) is 3.81. The number of piperazine rings is 1. The second-order valence-electron chi connectivity index (χ2n) is 7.26. The molecule has 0 unspecified atom stereocenters. The standard InChI is InChI=1S/C21H31N5O2.HI/c1-3-22-21(25-15-13-24(14-16-25)17(2)27)23-11-6-9-20(28)26-12-10-18-7-4-5-8-19(18)26;/h4-5,7-8H,3,6,9-16H2,1-2H3,(H,22,23);1H. The van der Waals surface area contributed by atoms with Crippen LogP contribution in [0.25, 0.3) is 0 Å². The van der Waals surface area contributed by atoms with E-state index >= 15 is 0 Å². The molecule has 0 atom stereocenters. The minimum atomic E-state index is 0. The fraction of sp³-hybridized carbons (Fsp3) is 0.571. The van der Waals surface area contributed by atoms with Crippen molar-refractivity contribution < 1.29 is 9.59 Å². The Labute approximate surface area is 190 Å². The number of carbonyl (C=O) groups excluding carboxylic acids is 2. The van der Waals surface area contributed by atoms with E-state index in [9.17, 15) is 9.59 Å². The first kappa shape index (κ1) is 23.4. The summed E-state index contributed by atoms with van der Waals surface area (Å²) in [5.74, 6) is 1.19. The molecular weight excluding hydrogens is 481 g/mol. The van der Waals surface area contributed by atoms with Crippen molar-refractivity contribution in [1.29, 1.82) is 0 Å². The third kappa shape index (κ3) is 6.07. The van der Waals surface area contributed by atoms with Gasteiger partial charge in [-0.3, -0.25) is 14.6 Å². The first-order valence-electron chi connectivity index (χ1n) is 10.3. The third-order valence-corrected chi connectivity index (χ3v) is 5.36. The van der Waals surface area contributed by atoms with Crippen molar-refractivity contribution in [3.05, 3.63) is 29.8 Å². The van der Waals surface area contributed by atoms with Crippen LogP contribution in [0.2, 0.25) is 0 Å². The van der Waals surface area contributed by atoms with Gasteiger partial charge in [-0.25, -0.2) is 0 Å². The second-order valence-corrected chi connectivity index (χ2v) is 7.26. The quantitative estimate of drug-likeness (QED) is 0.284. The molecule has 3 rings (SSSR count). The van der Waals surface area contributed by atoms with E-state index in [-0.39, 0.29) is 35.8 Å². The van der Waals surface area contributed by atoms with Crippen LogP contribution in [0.15, 0.2) is 29.3 Å². The lowest BCUT2D eigenvalue weighted by Crippen LogP contribution is -2.53. The van der Waals surface area contributed by atoms with Crippen molar-refractivity contribution in [2.24, 2.45) is 4.99 Å². The van der Waals surface area contributed by atoms with Gasteiger partial charge in [-0.1, -0.05) is 18.2 Å². The number of hydrogen-bond donors (Lipinski definition) is 1. The van der Waals surface area contributed by atoms with Crippen LogP contribution in [-0.4, -0.2) is 73.4 Å². The lowest BCUT2D eigenvalue weighted by molar-refractivity contribution is -0.130. The molecule has 0 saturated carbocycles. The maximum atomic E-state index is 12.6. The number of guanidine groups is 1. The summed E-state index contributed by atoms with van der Waals surface area (Å²) in [6.07, 6.45) is 2.19. The van der Waals surface area contributed by atoms with Gasteiger partial charge < -0.3 is 20.0 Å². The van der Waals surface area contributed by atoms with Gasteiger partial charge in [0.25, 0.3) is 0 Å². The van der Waals surface area contributed by atoms with Crippen LogP contribution >= 0.6 is 24.0 Å². The van der Waals surface area contributed by atoms with E-state index in [0.717, 1.165) is 63.8 Å². The summed E-state index contributed by atoms with van der Waals surface area (Å²) in [4.78, 5) is 34.8. The predicted molar refractivity (Wildman–Crippen MR) is 127 cm³/mol. The van der Waals surface area contributed by atoms with Crippen molar-refractivity contribution in [3.63, 3.8) is 0 Å². The first-order valence-corrected chi connectivity index (χ1v) is 10.3. The Morgan fingerprint density at radius 3 is 2.45 bits per heavy atom. The highest BCUT2D eigenvalue weighted by molar-refractivity contribution is 14.0. The predicted octanol–water partition coefficient (Wildman–Crippen LogP) is 2.10. The van der Waals surface area contributed by atoms with E-state index < -0.39 is 0 Å². The van der Waals surface area contributed by atoms with Gasteiger partial charge in [-0.15, -0.1) is 24.0 Å². The molecule has 7 nitrogen and oxygen atoms in total. The van der Waals surface area contributed by atoms with Crippen LogP contribution in [0.4, 0.5) is 5.69 Å². The summed E-state index contributed by atoms with van der Waals surface area (Å²) >= 11 is 0. The molecule has 1 N–H and O–H groups in total. The Bertz CT molecular complexity index is 732. The minimum Gasteiger partial charge on any atom is -0.357 e. The zero-order valence-electron chi connectivity index (χ0n) is 17.4. The number of benzene rings is 1.